The van der Waals surface area contributed by atoms with Gasteiger partial charge >= 0.3 is 0 Å². The van der Waals surface area contributed by atoms with Crippen LogP contribution in [0.1, 0.15) is 57.4 Å². The summed E-state index contributed by atoms with van der Waals surface area (Å²) in [7, 11) is 0. The Hall–Kier alpha value is -2.32. The second-order valence-corrected chi connectivity index (χ2v) is 9.50. The lowest BCUT2D eigenvalue weighted by atomic mass is 9.89. The smallest absolute Gasteiger partial charge is 0.249 e. The van der Waals surface area contributed by atoms with E-state index in [9.17, 15) is 14.7 Å². The summed E-state index contributed by atoms with van der Waals surface area (Å²) in [6, 6.07) is 3.33. The molecule has 1 aromatic carbocycles. The first-order valence-electron chi connectivity index (χ1n) is 12.0. The third kappa shape index (κ3) is 5.44. The summed E-state index contributed by atoms with van der Waals surface area (Å²) in [5.74, 6) is 1.66. The summed E-state index contributed by atoms with van der Waals surface area (Å²) in [4.78, 5) is 32.9. The van der Waals surface area contributed by atoms with Crippen molar-refractivity contribution in [2.45, 2.75) is 64.5 Å². The van der Waals surface area contributed by atoms with Gasteiger partial charge in [-0.25, -0.2) is 4.99 Å². The Bertz CT molecular complexity index is 916. The van der Waals surface area contributed by atoms with Crippen molar-refractivity contribution >= 4 is 35.1 Å². The van der Waals surface area contributed by atoms with E-state index in [1.165, 1.54) is 32.1 Å². The average molecular weight is 477 g/mol. The van der Waals surface area contributed by atoms with Crippen molar-refractivity contribution < 1.29 is 19.4 Å². The first-order chi connectivity index (χ1) is 16.0. The molecule has 0 spiro atoms. The van der Waals surface area contributed by atoms with Gasteiger partial charge < -0.3 is 19.6 Å². The third-order valence-corrected chi connectivity index (χ3v) is 7.22. The molecule has 8 nitrogen and oxygen atoms in total. The van der Waals surface area contributed by atoms with Crippen LogP contribution in [0.5, 0.6) is 5.75 Å². The molecular weight excluding hydrogens is 444 g/mol. The zero-order valence-electron chi connectivity index (χ0n) is 19.2. The second-order valence-electron chi connectivity index (χ2n) is 9.12. The number of carbonyl (C=O) groups excluding carboxylic acids is 2. The Labute approximate surface area is 199 Å². The van der Waals surface area contributed by atoms with Crippen molar-refractivity contribution in [3.63, 3.8) is 0 Å². The number of fused-ring (bicyclic) bond motifs is 2. The molecule has 1 unspecified atom stereocenters. The van der Waals surface area contributed by atoms with Crippen LogP contribution in [-0.2, 0) is 16.1 Å². The summed E-state index contributed by atoms with van der Waals surface area (Å²) in [6.07, 6.45) is 7.04. The van der Waals surface area contributed by atoms with Crippen LogP contribution in [0.3, 0.4) is 0 Å². The van der Waals surface area contributed by atoms with Crippen LogP contribution in [0, 0.1) is 5.92 Å². The molecule has 9 heteroatoms. The fourth-order valence-corrected chi connectivity index (χ4v) is 5.11. The molecule has 3 aliphatic rings. The largest absolute Gasteiger partial charge is 0.492 e. The maximum atomic E-state index is 12.7. The summed E-state index contributed by atoms with van der Waals surface area (Å²) >= 11 is 6.61. The molecule has 0 aromatic heterocycles. The van der Waals surface area contributed by atoms with Crippen LogP contribution in [-0.4, -0.2) is 65.0 Å². The van der Waals surface area contributed by atoms with Gasteiger partial charge in [0.1, 0.15) is 11.8 Å². The van der Waals surface area contributed by atoms with E-state index in [0.29, 0.717) is 55.2 Å². The molecule has 2 N–H and O–H groups in total. The van der Waals surface area contributed by atoms with Crippen LogP contribution in [0.15, 0.2) is 17.1 Å². The van der Waals surface area contributed by atoms with Gasteiger partial charge in [0.2, 0.25) is 17.8 Å². The molecule has 1 aliphatic carbocycles. The van der Waals surface area contributed by atoms with Gasteiger partial charge in [-0.1, -0.05) is 30.9 Å². The Balaban J connectivity index is 1.29. The number of guanidine groups is 1. The lowest BCUT2D eigenvalue weighted by molar-refractivity contribution is -0.132. The predicted octanol–water partition coefficient (Wildman–Crippen LogP) is 3.22. The maximum Gasteiger partial charge on any atom is 0.249 e. The van der Waals surface area contributed by atoms with Crippen LogP contribution in [0.4, 0.5) is 5.69 Å². The minimum absolute atomic E-state index is 0.0133. The van der Waals surface area contributed by atoms with Gasteiger partial charge in [0, 0.05) is 25.1 Å². The lowest BCUT2D eigenvalue weighted by Gasteiger charge is -2.29. The third-order valence-electron chi connectivity index (χ3n) is 6.81. The van der Waals surface area contributed by atoms with E-state index in [4.69, 9.17) is 16.3 Å². The van der Waals surface area contributed by atoms with Crippen molar-refractivity contribution in [3.05, 3.63) is 22.7 Å². The van der Waals surface area contributed by atoms with Crippen molar-refractivity contribution in [3.8, 4) is 5.75 Å². The average Bonchev–Trinajstić information content (AvgIpc) is 3.10. The van der Waals surface area contributed by atoms with Crippen molar-refractivity contribution in [2.24, 2.45) is 10.9 Å². The molecule has 2 heterocycles. The highest BCUT2D eigenvalue weighted by Gasteiger charge is 2.36. The van der Waals surface area contributed by atoms with Crippen LogP contribution >= 0.6 is 11.6 Å². The monoisotopic (exact) mass is 476 g/mol. The van der Waals surface area contributed by atoms with E-state index in [1.54, 1.807) is 6.07 Å². The Kier molecular flexibility index (Phi) is 7.75. The van der Waals surface area contributed by atoms with Crippen molar-refractivity contribution in [1.29, 1.82) is 0 Å². The Morgan fingerprint density at radius 3 is 2.88 bits per heavy atom. The van der Waals surface area contributed by atoms with Crippen molar-refractivity contribution in [1.82, 2.24) is 15.1 Å². The van der Waals surface area contributed by atoms with E-state index < -0.39 is 0 Å². The number of aliphatic imine (C=N–C) groups is 1. The van der Waals surface area contributed by atoms with E-state index in [-0.39, 0.29) is 24.5 Å². The highest BCUT2D eigenvalue weighted by Crippen LogP contribution is 2.39. The molecule has 0 radical (unpaired) electrons. The molecule has 0 bridgehead atoms. The summed E-state index contributed by atoms with van der Waals surface area (Å²) < 4.78 is 5.90. The topological polar surface area (TPSA) is 94.5 Å². The molecule has 33 heavy (non-hydrogen) atoms. The molecule has 4 rings (SSSR count). The van der Waals surface area contributed by atoms with Gasteiger partial charge in [-0.2, -0.15) is 0 Å². The number of aliphatic hydroxyl groups excluding tert-OH is 1. The summed E-state index contributed by atoms with van der Waals surface area (Å²) in [5.41, 5.74) is 1.56. The number of carbonyl (C=O) groups is 2. The fourth-order valence-electron chi connectivity index (χ4n) is 4.84. The van der Waals surface area contributed by atoms with E-state index in [0.717, 1.165) is 17.8 Å². The zero-order chi connectivity index (χ0) is 23.4. The molecule has 1 saturated heterocycles. The van der Waals surface area contributed by atoms with Gasteiger partial charge in [0.25, 0.3) is 0 Å². The van der Waals surface area contributed by atoms with Crippen LogP contribution < -0.4 is 10.1 Å². The van der Waals surface area contributed by atoms with Gasteiger partial charge in [-0.15, -0.1) is 0 Å². The number of halogens is 1. The van der Waals surface area contributed by atoms with Gasteiger partial charge in [0.05, 0.1) is 30.5 Å². The number of aliphatic hydroxyl groups is 1. The van der Waals surface area contributed by atoms with Crippen LogP contribution in [0.25, 0.3) is 0 Å². The highest BCUT2D eigenvalue weighted by atomic mass is 35.5. The standard InChI is InChI=1S/C24H33ClN4O4/c1-16-23(32)27-24-26-19-9-10-20(22(25)18(19)15-29(16)24)33-13-5-8-21(31)28(11-12-30)14-17-6-3-2-4-7-17/h9-10,16-17,30H,2-8,11-15H2,1H3,(H,26,27,32). The van der Waals surface area contributed by atoms with E-state index >= 15 is 0 Å². The number of hydrogen-bond acceptors (Lipinski definition) is 6. The number of amides is 2. The molecule has 1 aromatic rings. The quantitative estimate of drug-likeness (QED) is 0.534. The molecular formula is C24H33ClN4O4. The van der Waals surface area contributed by atoms with Crippen LogP contribution in [0.2, 0.25) is 5.02 Å². The van der Waals surface area contributed by atoms with Crippen molar-refractivity contribution in [2.75, 3.05) is 26.3 Å². The molecule has 2 fully saturated rings. The second kappa shape index (κ2) is 10.7. The first-order valence-corrected chi connectivity index (χ1v) is 12.3. The molecule has 180 valence electrons. The van der Waals surface area contributed by atoms with E-state index in [1.807, 2.05) is 22.8 Å². The number of rotatable bonds is 9. The summed E-state index contributed by atoms with van der Waals surface area (Å²) in [6.45, 7) is 3.81. The fraction of sp³-hybridized carbons (Fsp3) is 0.625. The predicted molar refractivity (Wildman–Crippen MR) is 127 cm³/mol. The van der Waals surface area contributed by atoms with Gasteiger partial charge in [-0.05, 0) is 44.2 Å². The Morgan fingerprint density at radius 1 is 1.33 bits per heavy atom. The zero-order valence-corrected chi connectivity index (χ0v) is 19.9. The first kappa shape index (κ1) is 23.8. The molecule has 2 amide bonds. The number of nitrogens with one attached hydrogen (secondary N) is 1. The van der Waals surface area contributed by atoms with Gasteiger partial charge in [-0.3, -0.25) is 14.9 Å². The summed E-state index contributed by atoms with van der Waals surface area (Å²) in [5, 5.41) is 12.7. The normalized spacial score (nSPS) is 20.1. The number of ether oxygens (including phenoxy) is 1. The molecule has 1 atom stereocenters. The highest BCUT2D eigenvalue weighted by molar-refractivity contribution is 6.33. The number of hydrogen-bond donors (Lipinski definition) is 2. The lowest BCUT2D eigenvalue weighted by Crippen LogP contribution is -2.38. The maximum absolute atomic E-state index is 12.7. The number of benzene rings is 1. The molecule has 1 saturated carbocycles. The molecule has 2 aliphatic heterocycles. The Morgan fingerprint density at radius 2 is 2.12 bits per heavy atom. The van der Waals surface area contributed by atoms with Gasteiger partial charge in [0.15, 0.2) is 0 Å². The SMILES string of the molecule is CC1C(=O)NC2=Nc3ccc(OCCCC(=O)N(CCO)CC4CCCCC4)c(Cl)c3CN21. The minimum Gasteiger partial charge on any atom is -0.492 e. The minimum atomic E-state index is -0.293. The number of nitrogens with zero attached hydrogens (tertiary/aromatic N) is 3. The van der Waals surface area contributed by atoms with E-state index in [2.05, 4.69) is 10.3 Å².